The van der Waals surface area contributed by atoms with Crippen LogP contribution in [0.4, 0.5) is 15.8 Å². The van der Waals surface area contributed by atoms with Gasteiger partial charge in [0.15, 0.2) is 6.61 Å². The summed E-state index contributed by atoms with van der Waals surface area (Å²) >= 11 is 0. The Morgan fingerprint density at radius 3 is 2.61 bits per heavy atom. The molecule has 1 saturated heterocycles. The summed E-state index contributed by atoms with van der Waals surface area (Å²) in [4.78, 5) is 38.2. The number of nitrogens with one attached hydrogen (secondary N) is 1. The van der Waals surface area contributed by atoms with Crippen molar-refractivity contribution in [2.75, 3.05) is 23.4 Å². The first-order chi connectivity index (χ1) is 13.5. The van der Waals surface area contributed by atoms with Crippen molar-refractivity contribution in [2.45, 2.75) is 19.8 Å². The van der Waals surface area contributed by atoms with Gasteiger partial charge in [0.25, 0.3) is 5.91 Å². The number of ether oxygens (including phenoxy) is 1. The molecule has 0 spiro atoms. The lowest BCUT2D eigenvalue weighted by molar-refractivity contribution is -0.151. The maximum atomic E-state index is 12.9. The number of nitrogens with zero attached hydrogens (tertiary/aromatic N) is 1. The van der Waals surface area contributed by atoms with Crippen LogP contribution in [-0.2, 0) is 25.5 Å². The van der Waals surface area contributed by atoms with Crippen LogP contribution in [-0.4, -0.2) is 30.9 Å². The molecule has 146 valence electrons. The normalized spacial score (nSPS) is 16.1. The highest BCUT2D eigenvalue weighted by molar-refractivity contribution is 6.00. The minimum absolute atomic E-state index is 0.0520. The van der Waals surface area contributed by atoms with Crippen LogP contribution in [0.5, 0.6) is 0 Å². The van der Waals surface area contributed by atoms with Crippen LogP contribution < -0.4 is 10.2 Å². The average Bonchev–Trinajstić information content (AvgIpc) is 3.09. The van der Waals surface area contributed by atoms with Gasteiger partial charge >= 0.3 is 5.97 Å². The second-order valence-corrected chi connectivity index (χ2v) is 6.55. The molecule has 0 bridgehead atoms. The van der Waals surface area contributed by atoms with Crippen LogP contribution in [0.25, 0.3) is 0 Å². The molecular weight excluding hydrogens is 363 g/mol. The van der Waals surface area contributed by atoms with Crippen molar-refractivity contribution < 1.29 is 23.5 Å². The van der Waals surface area contributed by atoms with E-state index in [4.69, 9.17) is 4.74 Å². The van der Waals surface area contributed by atoms with Crippen molar-refractivity contribution in [1.29, 1.82) is 0 Å². The lowest BCUT2D eigenvalue weighted by atomic mass is 10.1. The number of carbonyl (C=O) groups excluding carboxylic acids is 3. The second kappa shape index (κ2) is 8.65. The standard InChI is InChI=1S/C21H21FN2O4/c1-2-14-5-3-4-6-18(14)24-12-15(11-20(24)26)21(27)28-13-19(25)23-17-9-7-16(22)8-10-17/h3-10,15H,2,11-13H2,1H3,(H,23,25)/t15-/m1/s1. The van der Waals surface area contributed by atoms with E-state index in [0.717, 1.165) is 17.7 Å². The predicted octanol–water partition coefficient (Wildman–Crippen LogP) is 2.92. The molecule has 1 N–H and O–H groups in total. The fourth-order valence-electron chi connectivity index (χ4n) is 3.16. The zero-order valence-corrected chi connectivity index (χ0v) is 15.5. The summed E-state index contributed by atoms with van der Waals surface area (Å²) in [6.07, 6.45) is 0.828. The molecule has 2 aromatic carbocycles. The predicted molar refractivity (Wildman–Crippen MR) is 102 cm³/mol. The highest BCUT2D eigenvalue weighted by Crippen LogP contribution is 2.29. The number of hydrogen-bond acceptors (Lipinski definition) is 4. The highest BCUT2D eigenvalue weighted by Gasteiger charge is 2.36. The molecule has 28 heavy (non-hydrogen) atoms. The minimum Gasteiger partial charge on any atom is -0.455 e. The smallest absolute Gasteiger partial charge is 0.311 e. The Labute approximate surface area is 162 Å². The Hall–Kier alpha value is -3.22. The van der Waals surface area contributed by atoms with Gasteiger partial charge in [0.1, 0.15) is 5.82 Å². The van der Waals surface area contributed by atoms with Gasteiger partial charge in [0, 0.05) is 24.3 Å². The van der Waals surface area contributed by atoms with Crippen molar-refractivity contribution in [1.82, 2.24) is 0 Å². The van der Waals surface area contributed by atoms with E-state index in [0.29, 0.717) is 5.69 Å². The molecule has 0 aromatic heterocycles. The summed E-state index contributed by atoms with van der Waals surface area (Å²) in [5, 5.41) is 2.51. The van der Waals surface area contributed by atoms with Crippen molar-refractivity contribution in [3.63, 3.8) is 0 Å². The maximum Gasteiger partial charge on any atom is 0.311 e. The minimum atomic E-state index is -0.615. The van der Waals surface area contributed by atoms with E-state index in [2.05, 4.69) is 5.32 Å². The third kappa shape index (κ3) is 4.54. The van der Waals surface area contributed by atoms with Gasteiger partial charge in [-0.1, -0.05) is 25.1 Å². The summed E-state index contributed by atoms with van der Waals surface area (Å²) in [6, 6.07) is 12.8. The number of aryl methyl sites for hydroxylation is 1. The van der Waals surface area contributed by atoms with E-state index >= 15 is 0 Å². The van der Waals surface area contributed by atoms with E-state index in [1.807, 2.05) is 31.2 Å². The molecule has 1 aliphatic heterocycles. The summed E-state index contributed by atoms with van der Waals surface area (Å²) in [7, 11) is 0. The molecule has 0 unspecified atom stereocenters. The molecule has 2 aromatic rings. The van der Waals surface area contributed by atoms with E-state index < -0.39 is 30.2 Å². The van der Waals surface area contributed by atoms with Gasteiger partial charge in [-0.3, -0.25) is 14.4 Å². The Morgan fingerprint density at radius 1 is 1.18 bits per heavy atom. The van der Waals surface area contributed by atoms with Crippen molar-refractivity contribution in [2.24, 2.45) is 5.92 Å². The SMILES string of the molecule is CCc1ccccc1N1C[C@H](C(=O)OCC(=O)Nc2ccc(F)cc2)CC1=O. The van der Waals surface area contributed by atoms with Crippen molar-refractivity contribution >= 4 is 29.2 Å². The van der Waals surface area contributed by atoms with Crippen LogP contribution in [0.3, 0.4) is 0 Å². The first-order valence-electron chi connectivity index (χ1n) is 9.08. The van der Waals surface area contributed by atoms with E-state index in [1.54, 1.807) is 4.90 Å². The number of halogens is 1. The lowest BCUT2D eigenvalue weighted by Crippen LogP contribution is -2.28. The summed E-state index contributed by atoms with van der Waals surface area (Å²) in [5.41, 5.74) is 2.24. The zero-order valence-electron chi connectivity index (χ0n) is 15.5. The van der Waals surface area contributed by atoms with E-state index in [1.165, 1.54) is 24.3 Å². The van der Waals surface area contributed by atoms with Gasteiger partial charge in [-0.05, 0) is 42.3 Å². The third-order valence-corrected chi connectivity index (χ3v) is 4.60. The molecule has 1 fully saturated rings. The van der Waals surface area contributed by atoms with Gasteiger partial charge in [-0.2, -0.15) is 0 Å². The average molecular weight is 384 g/mol. The van der Waals surface area contributed by atoms with Gasteiger partial charge in [-0.25, -0.2) is 4.39 Å². The molecular formula is C21H21FN2O4. The quantitative estimate of drug-likeness (QED) is 0.777. The van der Waals surface area contributed by atoms with Crippen LogP contribution in [0, 0.1) is 11.7 Å². The Morgan fingerprint density at radius 2 is 1.89 bits per heavy atom. The monoisotopic (exact) mass is 384 g/mol. The number of esters is 1. The second-order valence-electron chi connectivity index (χ2n) is 6.55. The molecule has 3 rings (SSSR count). The van der Waals surface area contributed by atoms with E-state index in [-0.39, 0.29) is 18.9 Å². The number of carbonyl (C=O) groups is 3. The molecule has 6 nitrogen and oxygen atoms in total. The summed E-state index contributed by atoms with van der Waals surface area (Å²) in [5.74, 6) is -2.28. The number of amides is 2. The van der Waals surface area contributed by atoms with Crippen LogP contribution >= 0.6 is 0 Å². The Balaban J connectivity index is 1.54. The van der Waals surface area contributed by atoms with Gasteiger partial charge < -0.3 is 15.0 Å². The summed E-state index contributed by atoms with van der Waals surface area (Å²) < 4.78 is 17.9. The van der Waals surface area contributed by atoms with Crippen LogP contribution in [0.15, 0.2) is 48.5 Å². The Kier molecular flexibility index (Phi) is 6.03. The molecule has 1 atom stereocenters. The lowest BCUT2D eigenvalue weighted by Gasteiger charge is -2.19. The topological polar surface area (TPSA) is 75.7 Å². The van der Waals surface area contributed by atoms with Crippen LogP contribution in [0.2, 0.25) is 0 Å². The zero-order chi connectivity index (χ0) is 20.1. The molecule has 0 aliphatic carbocycles. The number of benzene rings is 2. The largest absolute Gasteiger partial charge is 0.455 e. The van der Waals surface area contributed by atoms with Gasteiger partial charge in [0.05, 0.1) is 5.92 Å². The van der Waals surface area contributed by atoms with Gasteiger partial charge in [-0.15, -0.1) is 0 Å². The van der Waals surface area contributed by atoms with Crippen molar-refractivity contribution in [3.8, 4) is 0 Å². The Bertz CT molecular complexity index is 882. The number of para-hydroxylation sites is 1. The fourth-order valence-corrected chi connectivity index (χ4v) is 3.16. The molecule has 0 saturated carbocycles. The van der Waals surface area contributed by atoms with Gasteiger partial charge in [0.2, 0.25) is 5.91 Å². The fraction of sp³-hybridized carbons (Fsp3) is 0.286. The first-order valence-corrected chi connectivity index (χ1v) is 9.08. The molecule has 0 radical (unpaired) electrons. The maximum absolute atomic E-state index is 12.9. The first kappa shape index (κ1) is 19.5. The molecule has 2 amide bonds. The van der Waals surface area contributed by atoms with Crippen molar-refractivity contribution in [3.05, 3.63) is 59.9 Å². The molecule has 1 heterocycles. The molecule has 1 aliphatic rings. The summed E-state index contributed by atoms with van der Waals surface area (Å²) in [6.45, 7) is 1.77. The molecule has 7 heteroatoms. The number of rotatable bonds is 6. The number of hydrogen-bond donors (Lipinski definition) is 1. The highest BCUT2D eigenvalue weighted by atomic mass is 19.1. The third-order valence-electron chi connectivity index (χ3n) is 4.60. The van der Waals surface area contributed by atoms with Crippen LogP contribution in [0.1, 0.15) is 18.9 Å². The van der Waals surface area contributed by atoms with E-state index in [9.17, 15) is 18.8 Å². The number of anilines is 2.